The normalized spacial score (nSPS) is 10.9. The van der Waals surface area contributed by atoms with Crippen molar-refractivity contribution in [1.29, 1.82) is 0 Å². The number of halogens is 2. The van der Waals surface area contributed by atoms with Crippen molar-refractivity contribution >= 4 is 15.9 Å². The highest BCUT2D eigenvalue weighted by atomic mass is 79.9. The molecule has 0 unspecified atom stereocenters. The van der Waals surface area contributed by atoms with E-state index in [4.69, 9.17) is 9.47 Å². The molecule has 0 N–H and O–H groups in total. The van der Waals surface area contributed by atoms with Gasteiger partial charge >= 0.3 is 0 Å². The molecule has 3 nitrogen and oxygen atoms in total. The Morgan fingerprint density at radius 1 is 0.758 bits per heavy atom. The van der Waals surface area contributed by atoms with Gasteiger partial charge in [0.1, 0.15) is 23.9 Å². The van der Waals surface area contributed by atoms with Crippen molar-refractivity contribution in [1.82, 2.24) is 4.57 Å². The first kappa shape index (κ1) is 23.1. The van der Waals surface area contributed by atoms with Gasteiger partial charge in [0.05, 0.1) is 7.11 Å². The van der Waals surface area contributed by atoms with Gasteiger partial charge in [-0.05, 0) is 65.9 Å². The molecule has 0 spiro atoms. The van der Waals surface area contributed by atoms with Gasteiger partial charge in [-0.2, -0.15) is 0 Å². The Balaban J connectivity index is 1.53. The van der Waals surface area contributed by atoms with E-state index in [1.165, 1.54) is 12.1 Å². The van der Waals surface area contributed by atoms with Crippen LogP contribution < -0.4 is 9.47 Å². The smallest absolute Gasteiger partial charge is 0.123 e. The fourth-order valence-electron chi connectivity index (χ4n) is 3.73. The van der Waals surface area contributed by atoms with Crippen LogP contribution in [0.15, 0.2) is 85.2 Å². The Morgan fingerprint density at radius 3 is 1.91 bits per heavy atom. The zero-order valence-electron chi connectivity index (χ0n) is 18.6. The number of hydrogen-bond acceptors (Lipinski definition) is 2. The highest BCUT2D eigenvalue weighted by Gasteiger charge is 2.12. The number of methoxy groups -OCH3 is 1. The van der Waals surface area contributed by atoms with Crippen molar-refractivity contribution in [3.05, 3.63) is 96.6 Å². The molecule has 170 valence electrons. The molecule has 0 saturated heterocycles. The van der Waals surface area contributed by atoms with Crippen LogP contribution in [0.2, 0.25) is 0 Å². The van der Waals surface area contributed by atoms with Gasteiger partial charge in [0.25, 0.3) is 0 Å². The van der Waals surface area contributed by atoms with Crippen molar-refractivity contribution in [3.8, 4) is 33.8 Å². The third-order valence-corrected chi connectivity index (χ3v) is 6.13. The Kier molecular flexibility index (Phi) is 7.84. The van der Waals surface area contributed by atoms with Gasteiger partial charge in [0, 0.05) is 35.4 Å². The Morgan fingerprint density at radius 2 is 1.33 bits per heavy atom. The highest BCUT2D eigenvalue weighted by molar-refractivity contribution is 9.09. The molecule has 33 heavy (non-hydrogen) atoms. The minimum atomic E-state index is -0.226. The predicted molar refractivity (Wildman–Crippen MR) is 136 cm³/mol. The van der Waals surface area contributed by atoms with Crippen molar-refractivity contribution in [2.75, 3.05) is 12.4 Å². The molecule has 1 heterocycles. The third kappa shape index (κ3) is 6.05. The predicted octanol–water partition coefficient (Wildman–Crippen LogP) is 7.72. The first-order valence-corrected chi connectivity index (χ1v) is 12.2. The molecule has 0 radical (unpaired) electrons. The summed E-state index contributed by atoms with van der Waals surface area (Å²) in [6.07, 6.45) is 6.56. The lowest BCUT2D eigenvalue weighted by Gasteiger charge is -2.09. The van der Waals surface area contributed by atoms with Crippen LogP contribution in [0.1, 0.15) is 18.4 Å². The molecular formula is C28H27BrFNO2. The summed E-state index contributed by atoms with van der Waals surface area (Å²) >= 11 is 3.50. The van der Waals surface area contributed by atoms with Crippen molar-refractivity contribution in [2.45, 2.75) is 26.0 Å². The molecule has 0 saturated carbocycles. The quantitative estimate of drug-likeness (QED) is 0.162. The van der Waals surface area contributed by atoms with Crippen LogP contribution in [0.5, 0.6) is 11.5 Å². The Labute approximate surface area is 202 Å². The van der Waals surface area contributed by atoms with Crippen LogP contribution in [0, 0.1) is 5.82 Å². The topological polar surface area (TPSA) is 23.4 Å². The fourth-order valence-corrected chi connectivity index (χ4v) is 4.13. The largest absolute Gasteiger partial charge is 0.497 e. The minimum Gasteiger partial charge on any atom is -0.497 e. The van der Waals surface area contributed by atoms with E-state index >= 15 is 0 Å². The summed E-state index contributed by atoms with van der Waals surface area (Å²) in [6, 6.07) is 22.7. The number of hydrogen-bond donors (Lipinski definition) is 0. The first-order chi connectivity index (χ1) is 16.2. The van der Waals surface area contributed by atoms with Crippen LogP contribution in [0.4, 0.5) is 4.39 Å². The van der Waals surface area contributed by atoms with Gasteiger partial charge in [0.15, 0.2) is 0 Å². The molecule has 0 atom stereocenters. The van der Waals surface area contributed by atoms with Gasteiger partial charge < -0.3 is 14.0 Å². The summed E-state index contributed by atoms with van der Waals surface area (Å²) in [5, 5.41) is 1.00. The van der Waals surface area contributed by atoms with Crippen molar-refractivity contribution < 1.29 is 13.9 Å². The molecule has 5 heteroatoms. The van der Waals surface area contributed by atoms with Crippen LogP contribution in [-0.4, -0.2) is 17.0 Å². The Bertz CT molecular complexity index is 1150. The monoisotopic (exact) mass is 507 g/mol. The summed E-state index contributed by atoms with van der Waals surface area (Å²) < 4.78 is 26.9. The van der Waals surface area contributed by atoms with E-state index in [0.717, 1.165) is 64.0 Å². The van der Waals surface area contributed by atoms with E-state index in [9.17, 15) is 4.39 Å². The number of rotatable bonds is 10. The van der Waals surface area contributed by atoms with E-state index in [2.05, 4.69) is 45.0 Å². The second-order valence-electron chi connectivity index (χ2n) is 7.89. The number of alkyl halides is 1. The van der Waals surface area contributed by atoms with E-state index < -0.39 is 0 Å². The molecule has 0 aliphatic heterocycles. The molecule has 4 aromatic rings. The molecule has 3 aromatic carbocycles. The van der Waals surface area contributed by atoms with Gasteiger partial charge in [-0.15, -0.1) is 0 Å². The van der Waals surface area contributed by atoms with E-state index in [0.29, 0.717) is 6.61 Å². The summed E-state index contributed by atoms with van der Waals surface area (Å²) in [5.41, 5.74) is 5.41. The summed E-state index contributed by atoms with van der Waals surface area (Å²) in [6.45, 7) is 1.44. The van der Waals surface area contributed by atoms with Crippen LogP contribution in [0.25, 0.3) is 22.3 Å². The molecule has 0 amide bonds. The van der Waals surface area contributed by atoms with Gasteiger partial charge in [-0.1, -0.05) is 52.3 Å². The van der Waals surface area contributed by atoms with Crippen LogP contribution in [-0.2, 0) is 13.2 Å². The molecule has 0 aliphatic carbocycles. The van der Waals surface area contributed by atoms with E-state index in [1.807, 2.05) is 48.5 Å². The van der Waals surface area contributed by atoms with Crippen molar-refractivity contribution in [3.63, 3.8) is 0 Å². The second-order valence-corrected chi connectivity index (χ2v) is 8.68. The maximum atomic E-state index is 13.5. The lowest BCUT2D eigenvalue weighted by molar-refractivity contribution is 0.306. The zero-order chi connectivity index (χ0) is 23.0. The van der Waals surface area contributed by atoms with Crippen molar-refractivity contribution in [2.24, 2.45) is 0 Å². The molecule has 4 rings (SSSR count). The van der Waals surface area contributed by atoms with E-state index in [1.54, 1.807) is 7.11 Å². The maximum Gasteiger partial charge on any atom is 0.123 e. The van der Waals surface area contributed by atoms with Gasteiger partial charge in [-0.25, -0.2) is 4.39 Å². The number of nitrogens with zero attached hydrogens (tertiary/aromatic N) is 1. The summed E-state index contributed by atoms with van der Waals surface area (Å²) in [7, 11) is 1.66. The summed E-state index contributed by atoms with van der Waals surface area (Å²) in [4.78, 5) is 0. The Hall–Kier alpha value is -3.05. The molecule has 1 aromatic heterocycles. The van der Waals surface area contributed by atoms with E-state index in [-0.39, 0.29) is 5.82 Å². The SMILES string of the molecule is COc1ccc(COc2ccc(-c3cn(CCCCBr)cc3-c3ccc(F)cc3)cc2)cc1. The zero-order valence-corrected chi connectivity index (χ0v) is 20.2. The minimum absolute atomic E-state index is 0.226. The number of aromatic nitrogens is 1. The second kappa shape index (κ2) is 11.2. The average Bonchev–Trinajstić information content (AvgIpc) is 3.28. The molecule has 0 bridgehead atoms. The first-order valence-electron chi connectivity index (χ1n) is 11.0. The van der Waals surface area contributed by atoms with Crippen LogP contribution in [0.3, 0.4) is 0 Å². The number of aryl methyl sites for hydroxylation is 1. The number of unbranched alkanes of at least 4 members (excludes halogenated alkanes) is 1. The van der Waals surface area contributed by atoms with Gasteiger partial charge in [-0.3, -0.25) is 0 Å². The standard InChI is InChI=1S/C28H27BrFNO2/c1-32-25-12-4-21(5-13-25)20-33-26-14-8-23(9-15-26)28-19-31(17-3-2-16-29)18-27(28)22-6-10-24(30)11-7-22/h4-15,18-19H,2-3,16-17,20H2,1H3. The fraction of sp³-hybridized carbons (Fsp3) is 0.214. The number of benzene rings is 3. The average molecular weight is 508 g/mol. The summed E-state index contributed by atoms with van der Waals surface area (Å²) in [5.74, 6) is 1.42. The van der Waals surface area contributed by atoms with Gasteiger partial charge in [0.2, 0.25) is 0 Å². The lowest BCUT2D eigenvalue weighted by atomic mass is 9.99. The third-order valence-electron chi connectivity index (χ3n) is 5.57. The highest BCUT2D eigenvalue weighted by Crippen LogP contribution is 2.34. The number of ether oxygens (including phenoxy) is 2. The lowest BCUT2D eigenvalue weighted by Crippen LogP contribution is -1.95. The molecule has 0 aliphatic rings. The molecular weight excluding hydrogens is 481 g/mol. The maximum absolute atomic E-state index is 13.5. The molecule has 0 fully saturated rings. The van der Waals surface area contributed by atoms with Crippen LogP contribution >= 0.6 is 15.9 Å².